The van der Waals surface area contributed by atoms with E-state index < -0.39 is 0 Å². The summed E-state index contributed by atoms with van der Waals surface area (Å²) in [7, 11) is 0. The Kier molecular flexibility index (Phi) is 5.14. The van der Waals surface area contributed by atoms with Gasteiger partial charge in [0.2, 0.25) is 5.78 Å². The van der Waals surface area contributed by atoms with Crippen LogP contribution in [0.5, 0.6) is 11.5 Å². The zero-order valence-corrected chi connectivity index (χ0v) is 17.3. The van der Waals surface area contributed by atoms with Crippen LogP contribution in [0.2, 0.25) is 0 Å². The van der Waals surface area contributed by atoms with Crippen molar-refractivity contribution in [2.45, 2.75) is 19.5 Å². The second-order valence-corrected chi connectivity index (χ2v) is 7.76. The van der Waals surface area contributed by atoms with E-state index in [-0.39, 0.29) is 11.8 Å². The first kappa shape index (κ1) is 19.3. The number of benzene rings is 3. The number of ketones is 1. The van der Waals surface area contributed by atoms with Crippen LogP contribution in [0.4, 0.5) is 0 Å². The Labute approximate surface area is 182 Å². The van der Waals surface area contributed by atoms with Crippen molar-refractivity contribution in [2.24, 2.45) is 0 Å². The summed E-state index contributed by atoms with van der Waals surface area (Å²) in [5.41, 5.74) is 3.82. The van der Waals surface area contributed by atoms with E-state index in [2.05, 4.69) is 24.0 Å². The SMILES string of the molecule is CC(c1ccccc1)N1COc2ccc3c(c2C1)O/C(=C/C=C/c1ccccc1)C3=O. The van der Waals surface area contributed by atoms with E-state index in [9.17, 15) is 4.79 Å². The molecule has 0 saturated carbocycles. The van der Waals surface area contributed by atoms with Gasteiger partial charge in [-0.2, -0.15) is 0 Å². The lowest BCUT2D eigenvalue weighted by Crippen LogP contribution is -2.34. The maximum absolute atomic E-state index is 12.9. The molecule has 0 aromatic heterocycles. The van der Waals surface area contributed by atoms with Crippen molar-refractivity contribution in [2.75, 3.05) is 6.73 Å². The van der Waals surface area contributed by atoms with E-state index in [1.165, 1.54) is 5.56 Å². The second-order valence-electron chi connectivity index (χ2n) is 7.76. The number of hydrogen-bond acceptors (Lipinski definition) is 4. The van der Waals surface area contributed by atoms with Gasteiger partial charge >= 0.3 is 0 Å². The largest absolute Gasteiger partial charge is 0.478 e. The number of nitrogens with zero attached hydrogens (tertiary/aromatic N) is 1. The Hall–Kier alpha value is -3.63. The highest BCUT2D eigenvalue weighted by atomic mass is 16.5. The van der Waals surface area contributed by atoms with Crippen LogP contribution in [0.1, 0.15) is 40.0 Å². The van der Waals surface area contributed by atoms with Crippen molar-refractivity contribution < 1.29 is 14.3 Å². The Balaban J connectivity index is 1.39. The first-order valence-electron chi connectivity index (χ1n) is 10.4. The van der Waals surface area contributed by atoms with Gasteiger partial charge in [-0.25, -0.2) is 0 Å². The molecule has 1 unspecified atom stereocenters. The molecule has 0 saturated heterocycles. The molecule has 0 fully saturated rings. The maximum atomic E-state index is 12.9. The van der Waals surface area contributed by atoms with Gasteiger partial charge in [-0.3, -0.25) is 9.69 Å². The smallest absolute Gasteiger partial charge is 0.231 e. The van der Waals surface area contributed by atoms with Crippen LogP contribution in [0, 0.1) is 0 Å². The minimum absolute atomic E-state index is 0.0938. The summed E-state index contributed by atoms with van der Waals surface area (Å²) in [6.45, 7) is 3.33. The highest BCUT2D eigenvalue weighted by molar-refractivity contribution is 6.13. The van der Waals surface area contributed by atoms with E-state index in [1.54, 1.807) is 12.1 Å². The number of allylic oxidation sites excluding steroid dienone is 3. The molecule has 0 aliphatic carbocycles. The Bertz CT molecular complexity index is 1170. The predicted molar refractivity (Wildman–Crippen MR) is 121 cm³/mol. The van der Waals surface area contributed by atoms with Crippen molar-refractivity contribution in [1.82, 2.24) is 4.90 Å². The van der Waals surface area contributed by atoms with Crippen molar-refractivity contribution in [3.63, 3.8) is 0 Å². The molecule has 31 heavy (non-hydrogen) atoms. The van der Waals surface area contributed by atoms with E-state index in [1.807, 2.05) is 66.7 Å². The zero-order valence-electron chi connectivity index (χ0n) is 17.3. The second kappa shape index (κ2) is 8.25. The van der Waals surface area contributed by atoms with Gasteiger partial charge in [-0.05, 0) is 36.3 Å². The number of Topliss-reactive ketones (excluding diaryl/α,β-unsaturated/α-hetero) is 1. The van der Waals surface area contributed by atoms with Gasteiger partial charge < -0.3 is 9.47 Å². The van der Waals surface area contributed by atoms with Crippen LogP contribution >= 0.6 is 0 Å². The van der Waals surface area contributed by atoms with Crippen molar-refractivity contribution in [3.05, 3.63) is 113 Å². The van der Waals surface area contributed by atoms with E-state index in [0.29, 0.717) is 30.3 Å². The van der Waals surface area contributed by atoms with Gasteiger partial charge in [0.05, 0.1) is 11.1 Å². The molecule has 3 aromatic rings. The van der Waals surface area contributed by atoms with Gasteiger partial charge in [-0.15, -0.1) is 0 Å². The van der Waals surface area contributed by atoms with Crippen LogP contribution in [0.15, 0.2) is 90.7 Å². The number of fused-ring (bicyclic) bond motifs is 3. The molecular formula is C27H23NO3. The molecule has 0 radical (unpaired) electrons. The minimum Gasteiger partial charge on any atom is -0.478 e. The molecule has 4 heteroatoms. The Morgan fingerprint density at radius 3 is 2.48 bits per heavy atom. The fourth-order valence-corrected chi connectivity index (χ4v) is 3.99. The van der Waals surface area contributed by atoms with Crippen molar-refractivity contribution in [3.8, 4) is 11.5 Å². The van der Waals surface area contributed by atoms with Crippen LogP contribution < -0.4 is 9.47 Å². The first-order chi connectivity index (χ1) is 15.2. The molecule has 154 valence electrons. The fraction of sp³-hybridized carbons (Fsp3) is 0.148. The highest BCUT2D eigenvalue weighted by Gasteiger charge is 2.34. The molecule has 5 rings (SSSR count). The normalized spacial score (nSPS) is 17.8. The van der Waals surface area contributed by atoms with E-state index in [0.717, 1.165) is 16.9 Å². The number of hydrogen-bond donors (Lipinski definition) is 0. The Morgan fingerprint density at radius 2 is 1.71 bits per heavy atom. The summed E-state index contributed by atoms with van der Waals surface area (Å²) in [5, 5.41) is 0. The lowest BCUT2D eigenvalue weighted by atomic mass is 10.0. The number of carbonyl (C=O) groups excluding carboxylic acids is 1. The molecule has 2 aliphatic rings. The summed E-state index contributed by atoms with van der Waals surface area (Å²) in [5.74, 6) is 1.64. The van der Waals surface area contributed by atoms with Gasteiger partial charge in [-0.1, -0.05) is 72.8 Å². The standard InChI is InChI=1S/C27H23NO3/c1-19(21-12-6-3-7-13-21)28-17-23-24(30-18-28)16-15-22-26(29)25(31-27(22)23)14-8-11-20-9-4-2-5-10-20/h2-16,19H,17-18H2,1H3/b11-8+,25-14+. The summed E-state index contributed by atoms with van der Waals surface area (Å²) in [6, 6.07) is 24.2. The van der Waals surface area contributed by atoms with Gasteiger partial charge in [0.1, 0.15) is 18.2 Å². The average molecular weight is 409 g/mol. The topological polar surface area (TPSA) is 38.8 Å². The minimum atomic E-state index is -0.0938. The van der Waals surface area contributed by atoms with E-state index >= 15 is 0 Å². The summed E-state index contributed by atoms with van der Waals surface area (Å²) < 4.78 is 12.1. The third-order valence-electron chi connectivity index (χ3n) is 5.81. The molecule has 3 aromatic carbocycles. The van der Waals surface area contributed by atoms with Gasteiger partial charge in [0.25, 0.3) is 0 Å². The van der Waals surface area contributed by atoms with Crippen molar-refractivity contribution in [1.29, 1.82) is 0 Å². The highest BCUT2D eigenvalue weighted by Crippen LogP contribution is 2.42. The maximum Gasteiger partial charge on any atom is 0.231 e. The number of rotatable bonds is 4. The molecule has 0 amide bonds. The predicted octanol–water partition coefficient (Wildman–Crippen LogP) is 5.77. The first-order valence-corrected chi connectivity index (χ1v) is 10.4. The third-order valence-corrected chi connectivity index (χ3v) is 5.81. The lowest BCUT2D eigenvalue weighted by Gasteiger charge is -2.34. The quantitative estimate of drug-likeness (QED) is 0.513. The summed E-state index contributed by atoms with van der Waals surface area (Å²) in [4.78, 5) is 15.1. The van der Waals surface area contributed by atoms with Gasteiger partial charge in [0.15, 0.2) is 5.76 Å². The number of carbonyl (C=O) groups is 1. The molecular weight excluding hydrogens is 386 g/mol. The van der Waals surface area contributed by atoms with E-state index in [4.69, 9.17) is 9.47 Å². The molecule has 0 spiro atoms. The fourth-order valence-electron chi connectivity index (χ4n) is 3.99. The third kappa shape index (κ3) is 3.78. The van der Waals surface area contributed by atoms with Crippen molar-refractivity contribution >= 4 is 11.9 Å². The molecule has 1 atom stereocenters. The average Bonchev–Trinajstić information content (AvgIpc) is 3.15. The van der Waals surface area contributed by atoms with Crippen LogP contribution in [0.25, 0.3) is 6.08 Å². The van der Waals surface area contributed by atoms with Crippen LogP contribution in [0.3, 0.4) is 0 Å². The van der Waals surface area contributed by atoms with Crippen LogP contribution in [-0.2, 0) is 6.54 Å². The lowest BCUT2D eigenvalue weighted by molar-refractivity contribution is 0.0606. The molecule has 0 bridgehead atoms. The number of ether oxygens (including phenoxy) is 2. The zero-order chi connectivity index (χ0) is 21.2. The molecule has 2 heterocycles. The summed E-state index contributed by atoms with van der Waals surface area (Å²) >= 11 is 0. The molecule has 0 N–H and O–H groups in total. The Morgan fingerprint density at radius 1 is 0.968 bits per heavy atom. The van der Waals surface area contributed by atoms with Gasteiger partial charge in [0, 0.05) is 12.6 Å². The summed E-state index contributed by atoms with van der Waals surface area (Å²) in [6.07, 6.45) is 5.53. The molecule has 2 aliphatic heterocycles. The molecule has 4 nitrogen and oxygen atoms in total. The monoisotopic (exact) mass is 409 g/mol. The van der Waals surface area contributed by atoms with Crippen LogP contribution in [-0.4, -0.2) is 17.4 Å².